The number of allylic oxidation sites excluding steroid dienone is 8. The van der Waals surface area contributed by atoms with Gasteiger partial charge < -0.3 is 9.80 Å². The third-order valence-electron chi connectivity index (χ3n) is 7.31. The van der Waals surface area contributed by atoms with Crippen molar-refractivity contribution in [3.63, 3.8) is 0 Å². The van der Waals surface area contributed by atoms with Gasteiger partial charge in [-0.1, -0.05) is 56.7 Å². The van der Waals surface area contributed by atoms with Crippen molar-refractivity contribution in [3.05, 3.63) is 60.0 Å². The van der Waals surface area contributed by atoms with E-state index in [1.165, 1.54) is 11.1 Å². The highest BCUT2D eigenvalue weighted by atomic mass is 35.5. The van der Waals surface area contributed by atoms with E-state index in [1.54, 1.807) is 19.9 Å². The summed E-state index contributed by atoms with van der Waals surface area (Å²) in [4.78, 5) is 21.0. The van der Waals surface area contributed by atoms with Gasteiger partial charge in [-0.25, -0.2) is 5.01 Å². The molecule has 3 rings (SSSR count). The first-order chi connectivity index (χ1) is 19.6. The maximum atomic E-state index is 11.8. The zero-order chi connectivity index (χ0) is 30.9. The van der Waals surface area contributed by atoms with E-state index in [0.717, 1.165) is 62.7 Å². The topological polar surface area (TPSA) is 51.5 Å². The van der Waals surface area contributed by atoms with Crippen molar-refractivity contribution in [2.75, 3.05) is 32.1 Å². The predicted molar refractivity (Wildman–Crippen MR) is 178 cm³/mol. The molecule has 41 heavy (non-hydrogen) atoms. The Balaban J connectivity index is 0.00000108. The normalized spacial score (nSPS) is 22.0. The van der Waals surface area contributed by atoms with Gasteiger partial charge in [0.05, 0.1) is 5.71 Å². The predicted octanol–water partition coefficient (Wildman–Crippen LogP) is 7.43. The lowest BCUT2D eigenvalue weighted by Gasteiger charge is -2.42. The van der Waals surface area contributed by atoms with Gasteiger partial charge in [0, 0.05) is 56.7 Å². The van der Waals surface area contributed by atoms with Crippen molar-refractivity contribution in [2.24, 2.45) is 21.9 Å². The molecule has 1 saturated heterocycles. The van der Waals surface area contributed by atoms with Gasteiger partial charge in [0.1, 0.15) is 12.0 Å². The molecular formula is C34H52ClN5O. The summed E-state index contributed by atoms with van der Waals surface area (Å²) in [7, 11) is 0. The van der Waals surface area contributed by atoms with Crippen LogP contribution in [0.15, 0.2) is 70.1 Å². The maximum Gasteiger partial charge on any atom is 0.219 e. The second-order valence-corrected chi connectivity index (χ2v) is 10.9. The van der Waals surface area contributed by atoms with E-state index < -0.39 is 0 Å². The maximum absolute atomic E-state index is 11.8. The Bertz CT molecular complexity index is 1080. The molecule has 3 aliphatic rings. The Morgan fingerprint density at radius 2 is 1.90 bits per heavy atom. The molecular weight excluding hydrogens is 530 g/mol. The van der Waals surface area contributed by atoms with E-state index in [0.29, 0.717) is 11.8 Å². The van der Waals surface area contributed by atoms with E-state index in [-0.39, 0.29) is 18.0 Å². The fourth-order valence-electron chi connectivity index (χ4n) is 4.95. The fourth-order valence-corrected chi connectivity index (χ4v) is 4.95. The number of halogens is 1. The highest BCUT2D eigenvalue weighted by Gasteiger charge is 2.30. The Labute approximate surface area is 255 Å². The zero-order valence-corrected chi connectivity index (χ0v) is 27.4. The van der Waals surface area contributed by atoms with Crippen LogP contribution in [0.1, 0.15) is 74.7 Å². The Kier molecular flexibility index (Phi) is 16.8. The van der Waals surface area contributed by atoms with E-state index in [4.69, 9.17) is 21.7 Å². The lowest BCUT2D eigenvalue weighted by atomic mass is 9.84. The van der Waals surface area contributed by atoms with Crippen molar-refractivity contribution in [2.45, 2.75) is 80.8 Å². The molecule has 0 aromatic heterocycles. The molecule has 0 spiro atoms. The first-order valence-corrected chi connectivity index (χ1v) is 15.3. The van der Waals surface area contributed by atoms with Crippen LogP contribution in [0, 0.1) is 24.2 Å². The minimum absolute atomic E-state index is 0.0827. The van der Waals surface area contributed by atoms with Crippen LogP contribution in [0.4, 0.5) is 0 Å². The highest BCUT2D eigenvalue weighted by molar-refractivity contribution is 6.18. The molecule has 1 fully saturated rings. The van der Waals surface area contributed by atoms with Gasteiger partial charge in [-0.05, 0) is 58.4 Å². The van der Waals surface area contributed by atoms with Crippen LogP contribution in [0.2, 0.25) is 0 Å². The van der Waals surface area contributed by atoms with Crippen LogP contribution in [-0.2, 0) is 4.79 Å². The van der Waals surface area contributed by atoms with E-state index in [9.17, 15) is 4.79 Å². The minimum Gasteiger partial charge on any atom is -0.353 e. The lowest BCUT2D eigenvalue weighted by Crippen LogP contribution is -2.51. The van der Waals surface area contributed by atoms with Gasteiger partial charge in [-0.2, -0.15) is 5.10 Å². The molecule has 2 heterocycles. The van der Waals surface area contributed by atoms with E-state index in [1.807, 2.05) is 4.90 Å². The van der Waals surface area contributed by atoms with Gasteiger partial charge in [0.15, 0.2) is 0 Å². The number of hydrogen-bond acceptors (Lipinski definition) is 5. The number of alkyl halides is 1. The Morgan fingerprint density at radius 3 is 2.44 bits per heavy atom. The molecule has 1 aliphatic carbocycles. The second-order valence-electron chi connectivity index (χ2n) is 10.6. The third-order valence-corrected chi connectivity index (χ3v) is 7.53. The third kappa shape index (κ3) is 11.4. The Hall–Kier alpha value is -3.04. The standard InChI is InChI=1S/C28H43N5O.C3H5Cl.C3H4/c1-8-12-20(2)23(5)28(26-14-11-9-10-13-21(26)3)30-33-24(6)29-22(4)19-27(33)32-17-15-31(16-18-32)25(7)34;1-2-3-4;1-3-2/h9,11-12,14,19,21,23-24H,8,10,13,15-18H2,1-7H3;2H,1,3H2;1H,2H3/b20-12+,30-28+;;. The van der Waals surface area contributed by atoms with Gasteiger partial charge in [0.25, 0.3) is 0 Å². The minimum atomic E-state index is -0.0827. The summed E-state index contributed by atoms with van der Waals surface area (Å²) in [5, 5.41) is 7.50. The van der Waals surface area contributed by atoms with E-state index >= 15 is 0 Å². The van der Waals surface area contributed by atoms with Crippen molar-refractivity contribution in [3.8, 4) is 12.3 Å². The monoisotopic (exact) mass is 581 g/mol. The quantitative estimate of drug-likeness (QED) is 0.136. The molecule has 3 atom stereocenters. The van der Waals surface area contributed by atoms with Gasteiger partial charge in [-0.3, -0.25) is 9.79 Å². The van der Waals surface area contributed by atoms with Crippen molar-refractivity contribution < 1.29 is 4.79 Å². The number of hydrazone groups is 1. The Morgan fingerprint density at radius 1 is 1.29 bits per heavy atom. The number of aliphatic imine (C=N–C) groups is 1. The molecule has 0 aromatic rings. The summed E-state index contributed by atoms with van der Waals surface area (Å²) in [5.74, 6) is 4.70. The van der Waals surface area contributed by atoms with Crippen molar-refractivity contribution in [1.29, 1.82) is 0 Å². The number of carbonyl (C=O) groups is 1. The van der Waals surface area contributed by atoms with Crippen LogP contribution in [0.25, 0.3) is 0 Å². The van der Waals surface area contributed by atoms with Crippen LogP contribution in [-0.4, -0.2) is 70.4 Å². The first-order valence-electron chi connectivity index (χ1n) is 14.8. The van der Waals surface area contributed by atoms with Gasteiger partial charge in [-0.15, -0.1) is 30.5 Å². The molecule has 6 nitrogen and oxygen atoms in total. The average Bonchev–Trinajstić information content (AvgIpc) is 3.16. The molecule has 0 radical (unpaired) electrons. The molecule has 1 amide bonds. The molecule has 226 valence electrons. The smallest absolute Gasteiger partial charge is 0.219 e. The van der Waals surface area contributed by atoms with Gasteiger partial charge >= 0.3 is 0 Å². The average molecular weight is 582 g/mol. The molecule has 0 bridgehead atoms. The number of terminal acetylenes is 1. The summed E-state index contributed by atoms with van der Waals surface area (Å²) in [6.45, 7) is 22.9. The number of rotatable bonds is 7. The molecule has 2 aliphatic heterocycles. The lowest BCUT2D eigenvalue weighted by molar-refractivity contribution is -0.130. The first kappa shape index (κ1) is 36.0. The van der Waals surface area contributed by atoms with Crippen LogP contribution >= 0.6 is 11.6 Å². The highest BCUT2D eigenvalue weighted by Crippen LogP contribution is 2.30. The molecule has 0 aromatic carbocycles. The molecule has 7 heteroatoms. The van der Waals surface area contributed by atoms with Crippen LogP contribution in [0.5, 0.6) is 0 Å². The molecule has 3 unspecified atom stereocenters. The fraction of sp³-hybridized carbons (Fsp3) is 0.559. The van der Waals surface area contributed by atoms with Crippen molar-refractivity contribution in [1.82, 2.24) is 14.8 Å². The number of nitrogens with zero attached hydrogens (tertiary/aromatic N) is 5. The summed E-state index contributed by atoms with van der Waals surface area (Å²) >= 11 is 5.07. The number of hydrogen-bond donors (Lipinski definition) is 0. The SMILES string of the molecule is C#CC.C=CCCl.CC/C=C(\C)C(C)/C(=N\N1C(N2CCN(C(C)=O)CC2)=CC(C)=NC1C)C1=CC=CCCC1C. The van der Waals surface area contributed by atoms with Crippen LogP contribution in [0.3, 0.4) is 0 Å². The van der Waals surface area contributed by atoms with Gasteiger partial charge in [0.2, 0.25) is 5.91 Å². The zero-order valence-electron chi connectivity index (χ0n) is 26.7. The number of piperazine rings is 1. The second kappa shape index (κ2) is 19.1. The van der Waals surface area contributed by atoms with Crippen molar-refractivity contribution >= 4 is 28.9 Å². The molecule has 0 N–H and O–H groups in total. The van der Waals surface area contributed by atoms with E-state index in [2.05, 4.69) is 101 Å². The molecule has 0 saturated carbocycles. The summed E-state index contributed by atoms with van der Waals surface area (Å²) in [6, 6.07) is 0. The van der Waals surface area contributed by atoms with Crippen LogP contribution < -0.4 is 0 Å². The summed E-state index contributed by atoms with van der Waals surface area (Å²) in [5.41, 5.74) is 4.83. The number of carbonyl (C=O) groups excluding carboxylic acids is 1. The summed E-state index contributed by atoms with van der Waals surface area (Å²) in [6.07, 6.45) is 20.6. The largest absolute Gasteiger partial charge is 0.353 e. The summed E-state index contributed by atoms with van der Waals surface area (Å²) < 4.78 is 0. The number of amides is 1.